The summed E-state index contributed by atoms with van der Waals surface area (Å²) in [5.74, 6) is -0.328. The molecule has 0 saturated heterocycles. The number of anilines is 1. The number of hydrogen-bond acceptors (Lipinski definition) is 3. The molecule has 2 aromatic rings. The second-order valence-electron chi connectivity index (χ2n) is 5.02. The zero-order valence-electron chi connectivity index (χ0n) is 11.2. The largest absolute Gasteiger partial charge is 0.323 e. The monoisotopic (exact) mass is 253 g/mol. The van der Waals surface area contributed by atoms with E-state index in [0.29, 0.717) is 5.69 Å². The van der Waals surface area contributed by atoms with E-state index in [4.69, 9.17) is 5.26 Å². The number of para-hydroxylation sites is 1. The molecule has 0 aliphatic rings. The lowest BCUT2D eigenvalue weighted by Gasteiger charge is -2.16. The normalized spacial score (nSPS) is 11.1. The molecular formula is C15H15N3O. The van der Waals surface area contributed by atoms with Crippen LogP contribution in [0.4, 0.5) is 5.69 Å². The van der Waals surface area contributed by atoms with Gasteiger partial charge in [0, 0.05) is 11.1 Å². The lowest BCUT2D eigenvalue weighted by molar-refractivity contribution is -0.121. The van der Waals surface area contributed by atoms with Crippen molar-refractivity contribution in [2.75, 3.05) is 5.32 Å². The van der Waals surface area contributed by atoms with Crippen molar-refractivity contribution < 1.29 is 4.79 Å². The zero-order valence-corrected chi connectivity index (χ0v) is 11.2. The van der Waals surface area contributed by atoms with E-state index in [1.54, 1.807) is 19.9 Å². The molecule has 1 aromatic heterocycles. The van der Waals surface area contributed by atoms with Crippen molar-refractivity contribution in [2.45, 2.75) is 20.8 Å². The maximum absolute atomic E-state index is 12.0. The first kappa shape index (κ1) is 13.0. The van der Waals surface area contributed by atoms with E-state index >= 15 is 0 Å². The van der Waals surface area contributed by atoms with Gasteiger partial charge in [-0.25, -0.2) is 0 Å². The predicted molar refractivity (Wildman–Crippen MR) is 74.5 cm³/mol. The Morgan fingerprint density at radius 2 is 2.05 bits per heavy atom. The summed E-state index contributed by atoms with van der Waals surface area (Å²) >= 11 is 0. The van der Waals surface area contributed by atoms with Crippen molar-refractivity contribution in [1.82, 2.24) is 4.98 Å². The molecule has 96 valence electrons. The van der Waals surface area contributed by atoms with Crippen LogP contribution in [0.2, 0.25) is 0 Å². The van der Waals surface area contributed by atoms with Crippen LogP contribution >= 0.6 is 0 Å². The van der Waals surface area contributed by atoms with Crippen LogP contribution in [0.25, 0.3) is 10.9 Å². The molecule has 19 heavy (non-hydrogen) atoms. The van der Waals surface area contributed by atoms with E-state index in [0.717, 1.165) is 16.6 Å². The van der Waals surface area contributed by atoms with Crippen LogP contribution in [-0.4, -0.2) is 10.9 Å². The summed E-state index contributed by atoms with van der Waals surface area (Å²) in [7, 11) is 0. The van der Waals surface area contributed by atoms with E-state index in [1.807, 2.05) is 37.3 Å². The molecule has 1 heterocycles. The number of carbonyl (C=O) groups excluding carboxylic acids is 1. The number of nitrogens with one attached hydrogen (secondary N) is 1. The van der Waals surface area contributed by atoms with Crippen LogP contribution in [-0.2, 0) is 4.79 Å². The number of amides is 1. The van der Waals surface area contributed by atoms with E-state index in [2.05, 4.69) is 10.3 Å². The highest BCUT2D eigenvalue weighted by Gasteiger charge is 2.27. The van der Waals surface area contributed by atoms with Crippen LogP contribution in [0.3, 0.4) is 0 Å². The molecular weight excluding hydrogens is 238 g/mol. The van der Waals surface area contributed by atoms with Gasteiger partial charge in [-0.15, -0.1) is 0 Å². The van der Waals surface area contributed by atoms with Gasteiger partial charge in [0.1, 0.15) is 5.41 Å². The maximum atomic E-state index is 12.0. The van der Waals surface area contributed by atoms with Crippen molar-refractivity contribution in [3.05, 3.63) is 36.0 Å². The van der Waals surface area contributed by atoms with E-state index in [-0.39, 0.29) is 5.91 Å². The van der Waals surface area contributed by atoms with Crippen LogP contribution in [0, 0.1) is 23.7 Å². The molecule has 0 fully saturated rings. The highest BCUT2D eigenvalue weighted by atomic mass is 16.2. The van der Waals surface area contributed by atoms with Crippen LogP contribution in [0.1, 0.15) is 19.5 Å². The molecule has 0 aliphatic heterocycles. The average Bonchev–Trinajstić information content (AvgIpc) is 2.39. The number of aromatic nitrogens is 1. The number of pyridine rings is 1. The molecule has 0 spiro atoms. The van der Waals surface area contributed by atoms with Crippen LogP contribution in [0.15, 0.2) is 30.3 Å². The van der Waals surface area contributed by atoms with E-state index < -0.39 is 5.41 Å². The van der Waals surface area contributed by atoms with Gasteiger partial charge in [-0.2, -0.15) is 5.26 Å². The number of fused-ring (bicyclic) bond motifs is 1. The lowest BCUT2D eigenvalue weighted by Crippen LogP contribution is -2.29. The molecule has 4 nitrogen and oxygen atoms in total. The molecule has 0 saturated carbocycles. The average molecular weight is 253 g/mol. The second-order valence-corrected chi connectivity index (χ2v) is 5.02. The highest BCUT2D eigenvalue weighted by molar-refractivity contribution is 6.03. The number of carbonyl (C=O) groups is 1. The number of benzene rings is 1. The quantitative estimate of drug-likeness (QED) is 0.894. The van der Waals surface area contributed by atoms with Crippen molar-refractivity contribution in [3.63, 3.8) is 0 Å². The Bertz CT molecular complexity index is 683. The number of aryl methyl sites for hydroxylation is 1. The third-order valence-electron chi connectivity index (χ3n) is 2.95. The first-order valence-corrected chi connectivity index (χ1v) is 6.03. The Kier molecular flexibility index (Phi) is 3.22. The van der Waals surface area contributed by atoms with Gasteiger partial charge < -0.3 is 5.32 Å². The predicted octanol–water partition coefficient (Wildman–Crippen LogP) is 3.03. The maximum Gasteiger partial charge on any atom is 0.244 e. The Morgan fingerprint density at radius 3 is 2.74 bits per heavy atom. The summed E-state index contributed by atoms with van der Waals surface area (Å²) in [6, 6.07) is 11.5. The molecule has 0 atom stereocenters. The van der Waals surface area contributed by atoms with Gasteiger partial charge in [0.05, 0.1) is 17.3 Å². The van der Waals surface area contributed by atoms with Crippen LogP contribution < -0.4 is 5.32 Å². The Labute approximate surface area is 112 Å². The Morgan fingerprint density at radius 1 is 1.32 bits per heavy atom. The molecule has 1 amide bonds. The second kappa shape index (κ2) is 4.69. The number of nitrogens with zero attached hydrogens (tertiary/aromatic N) is 2. The minimum atomic E-state index is -1.06. The fourth-order valence-corrected chi connectivity index (χ4v) is 1.67. The minimum absolute atomic E-state index is 0.328. The molecule has 0 radical (unpaired) electrons. The summed E-state index contributed by atoms with van der Waals surface area (Å²) in [6.45, 7) is 5.08. The first-order chi connectivity index (χ1) is 8.94. The minimum Gasteiger partial charge on any atom is -0.323 e. The van der Waals surface area contributed by atoms with E-state index in [9.17, 15) is 4.79 Å². The highest BCUT2D eigenvalue weighted by Crippen LogP contribution is 2.24. The van der Waals surface area contributed by atoms with Gasteiger partial charge in [-0.1, -0.05) is 18.2 Å². The third-order valence-corrected chi connectivity index (χ3v) is 2.95. The molecule has 0 unspecified atom stereocenters. The van der Waals surface area contributed by atoms with Gasteiger partial charge in [-0.05, 0) is 32.9 Å². The van der Waals surface area contributed by atoms with Crippen LogP contribution in [0.5, 0.6) is 0 Å². The molecule has 1 aromatic carbocycles. The topological polar surface area (TPSA) is 65.8 Å². The van der Waals surface area contributed by atoms with Gasteiger partial charge in [0.25, 0.3) is 0 Å². The molecule has 2 rings (SSSR count). The first-order valence-electron chi connectivity index (χ1n) is 6.03. The lowest BCUT2D eigenvalue weighted by atomic mass is 9.94. The Balaban J connectivity index is 2.44. The fraction of sp³-hybridized carbons (Fsp3) is 0.267. The third kappa shape index (κ3) is 2.55. The van der Waals surface area contributed by atoms with Gasteiger partial charge >= 0.3 is 0 Å². The van der Waals surface area contributed by atoms with Crippen molar-refractivity contribution in [3.8, 4) is 6.07 Å². The summed E-state index contributed by atoms with van der Waals surface area (Å²) in [5.41, 5.74) is 1.19. The van der Waals surface area contributed by atoms with Crippen molar-refractivity contribution in [1.29, 1.82) is 5.26 Å². The molecule has 0 aliphatic carbocycles. The number of rotatable bonds is 2. The Hall–Kier alpha value is -2.41. The van der Waals surface area contributed by atoms with Gasteiger partial charge in [0.15, 0.2) is 0 Å². The number of nitriles is 1. The van der Waals surface area contributed by atoms with Crippen molar-refractivity contribution >= 4 is 22.5 Å². The SMILES string of the molecule is Cc1ccc2cccc(NC(=O)C(C)(C)C#N)c2n1. The summed E-state index contributed by atoms with van der Waals surface area (Å²) in [5, 5.41) is 12.7. The molecule has 4 heteroatoms. The van der Waals surface area contributed by atoms with Crippen molar-refractivity contribution in [2.24, 2.45) is 5.41 Å². The fourth-order valence-electron chi connectivity index (χ4n) is 1.67. The zero-order chi connectivity index (χ0) is 14.0. The summed E-state index contributed by atoms with van der Waals surface area (Å²) < 4.78 is 0. The number of hydrogen-bond donors (Lipinski definition) is 1. The smallest absolute Gasteiger partial charge is 0.244 e. The van der Waals surface area contributed by atoms with E-state index in [1.165, 1.54) is 0 Å². The summed E-state index contributed by atoms with van der Waals surface area (Å²) in [4.78, 5) is 16.5. The van der Waals surface area contributed by atoms with Gasteiger partial charge in [0.2, 0.25) is 5.91 Å². The van der Waals surface area contributed by atoms with Gasteiger partial charge in [-0.3, -0.25) is 9.78 Å². The standard InChI is InChI=1S/C15H15N3O/c1-10-7-8-11-5-4-6-12(13(11)17-10)18-14(19)15(2,3)9-16/h4-8H,1-3H3,(H,18,19). The molecule has 0 bridgehead atoms. The summed E-state index contributed by atoms with van der Waals surface area (Å²) in [6.07, 6.45) is 0. The molecule has 1 N–H and O–H groups in total.